The molecule has 2 heterocycles. The predicted octanol–water partition coefficient (Wildman–Crippen LogP) is -0.153. The van der Waals surface area contributed by atoms with Crippen LogP contribution in [0.2, 0.25) is 0 Å². The number of aliphatic hydroxyl groups is 1. The van der Waals surface area contributed by atoms with Gasteiger partial charge in [0.1, 0.15) is 42.8 Å². The van der Waals surface area contributed by atoms with Crippen molar-refractivity contribution in [3.63, 3.8) is 0 Å². The zero-order valence-electron chi connectivity index (χ0n) is 19.6. The van der Waals surface area contributed by atoms with Gasteiger partial charge in [0.15, 0.2) is 0 Å². The Morgan fingerprint density at radius 2 is 1.43 bits per heavy atom. The molecule has 4 aromatic rings. The summed E-state index contributed by atoms with van der Waals surface area (Å²) in [4.78, 5) is 7.10. The molecule has 2 aromatic carbocycles. The molecule has 2 N–H and O–H groups in total. The molecule has 0 unspecified atom stereocenters. The quantitative estimate of drug-likeness (QED) is 0.189. The minimum absolute atomic E-state index is 0.121. The largest absolute Gasteiger partial charge is 0.859 e. The Bertz CT molecular complexity index is 1200. The van der Waals surface area contributed by atoms with E-state index in [1.165, 1.54) is 0 Å². The van der Waals surface area contributed by atoms with E-state index in [1.807, 2.05) is 75.4 Å². The fraction of sp³-hybridized carbons (Fsp3) is 0.200. The van der Waals surface area contributed by atoms with Gasteiger partial charge >= 0.3 is 5.90 Å². The van der Waals surface area contributed by atoms with Crippen LogP contribution in [0.25, 0.3) is 0 Å². The van der Waals surface area contributed by atoms with E-state index in [2.05, 4.69) is 9.98 Å². The molecule has 10 heteroatoms. The fourth-order valence-corrected chi connectivity index (χ4v) is 3.47. The number of hydrogen-bond donors (Lipinski definition) is 2. The topological polar surface area (TPSA) is 106 Å². The molecule has 180 valence electrons. The average Bonchev–Trinajstić information content (AvgIpc) is 3.49. The third kappa shape index (κ3) is 6.70. The predicted molar refractivity (Wildman–Crippen MR) is 126 cm³/mol. The van der Waals surface area contributed by atoms with Crippen molar-refractivity contribution in [3.05, 3.63) is 86.0 Å². The summed E-state index contributed by atoms with van der Waals surface area (Å²) in [5.74, 6) is 1.35. The van der Waals surface area contributed by atoms with Crippen LogP contribution in [0.5, 0.6) is 11.5 Å². The van der Waals surface area contributed by atoms with E-state index in [0.717, 1.165) is 17.2 Å². The van der Waals surface area contributed by atoms with Gasteiger partial charge in [0.2, 0.25) is 31.6 Å². The Kier molecular flexibility index (Phi) is 7.41. The number of aliphatic imine (C=N–C) groups is 1. The highest BCUT2D eigenvalue weighted by molar-refractivity contribution is 5.75. The molecule has 10 nitrogen and oxygen atoms in total. The first-order valence-electron chi connectivity index (χ1n) is 10.9. The number of methoxy groups -OCH3 is 2. The van der Waals surface area contributed by atoms with Gasteiger partial charge in [-0.25, -0.2) is 9.13 Å². The lowest BCUT2D eigenvalue weighted by molar-refractivity contribution is -0.912. The second kappa shape index (κ2) is 11.0. The summed E-state index contributed by atoms with van der Waals surface area (Å²) < 4.78 is 17.8. The highest BCUT2D eigenvalue weighted by Gasteiger charge is 2.13. The van der Waals surface area contributed by atoms with Crippen LogP contribution >= 0.6 is 0 Å². The molecular weight excluding hydrogens is 448 g/mol. The van der Waals surface area contributed by atoms with Crippen LogP contribution in [0.1, 0.15) is 0 Å². The SMILES string of the molecule is COc1ccc(N=C([O-])Cn2cc[n+](C[n+]3ccn(CC(O)=[NH+]c4ccc(OC)cc4)c3)c2)cc1. The van der Waals surface area contributed by atoms with Crippen LogP contribution < -0.4 is 28.7 Å². The van der Waals surface area contributed by atoms with E-state index < -0.39 is 0 Å². The molecule has 4 rings (SSSR count). The number of aliphatic hydroxyl groups excluding tert-OH is 1. The zero-order valence-corrected chi connectivity index (χ0v) is 19.6. The minimum Gasteiger partial charge on any atom is -0.859 e. The molecule has 0 spiro atoms. The van der Waals surface area contributed by atoms with Crippen molar-refractivity contribution in [3.8, 4) is 11.5 Å². The maximum Gasteiger partial charge on any atom is 0.381 e. The van der Waals surface area contributed by atoms with Crippen LogP contribution in [0.4, 0.5) is 11.4 Å². The number of rotatable bonds is 10. The van der Waals surface area contributed by atoms with Crippen LogP contribution in [0.3, 0.4) is 0 Å². The number of nitrogens with zero attached hydrogens (tertiary/aromatic N) is 5. The van der Waals surface area contributed by atoms with Gasteiger partial charge in [-0.15, -0.1) is 0 Å². The van der Waals surface area contributed by atoms with Crippen LogP contribution in [0.15, 0.2) is 91.0 Å². The molecule has 0 fully saturated rings. The summed E-state index contributed by atoms with van der Waals surface area (Å²) in [6, 6.07) is 14.3. The Morgan fingerprint density at radius 1 is 0.886 bits per heavy atom. The highest BCUT2D eigenvalue weighted by atomic mass is 16.5. The smallest absolute Gasteiger partial charge is 0.381 e. The Morgan fingerprint density at radius 3 is 2.00 bits per heavy atom. The molecule has 0 saturated carbocycles. The van der Waals surface area contributed by atoms with Crippen molar-refractivity contribution in [2.45, 2.75) is 19.8 Å². The van der Waals surface area contributed by atoms with Gasteiger partial charge in [-0.3, -0.25) is 4.99 Å². The number of ether oxygens (including phenoxy) is 2. The summed E-state index contributed by atoms with van der Waals surface area (Å²) in [5.41, 5.74) is 1.36. The van der Waals surface area contributed by atoms with Gasteiger partial charge < -0.3 is 19.7 Å². The summed E-state index contributed by atoms with van der Waals surface area (Å²) in [6.07, 6.45) is 11.2. The van der Waals surface area contributed by atoms with Crippen LogP contribution in [-0.4, -0.2) is 40.3 Å². The van der Waals surface area contributed by atoms with E-state index in [-0.39, 0.29) is 18.3 Å². The number of benzene rings is 2. The summed E-state index contributed by atoms with van der Waals surface area (Å²) in [5, 5.41) is 22.6. The Hall–Kier alpha value is -4.60. The molecule has 0 aliphatic heterocycles. The highest BCUT2D eigenvalue weighted by Crippen LogP contribution is 2.17. The second-order valence-electron chi connectivity index (χ2n) is 7.85. The molecule has 0 bridgehead atoms. The van der Waals surface area contributed by atoms with Crippen LogP contribution in [-0.2, 0) is 19.8 Å². The van der Waals surface area contributed by atoms with Gasteiger partial charge in [-0.1, -0.05) is 0 Å². The molecule has 0 atom stereocenters. The molecule has 0 aliphatic carbocycles. The van der Waals surface area contributed by atoms with Crippen molar-refractivity contribution < 1.29 is 33.8 Å². The zero-order chi connectivity index (χ0) is 24.6. The minimum atomic E-state index is -0.243. The van der Waals surface area contributed by atoms with Gasteiger partial charge in [-0.2, -0.15) is 14.1 Å². The molecule has 2 aromatic heterocycles. The first-order valence-corrected chi connectivity index (χ1v) is 10.9. The number of aromatic nitrogens is 4. The van der Waals surface area contributed by atoms with Gasteiger partial charge in [0.05, 0.1) is 19.9 Å². The third-order valence-electron chi connectivity index (χ3n) is 5.17. The van der Waals surface area contributed by atoms with E-state index >= 15 is 0 Å². The summed E-state index contributed by atoms with van der Waals surface area (Å²) >= 11 is 0. The number of imidazole rings is 2. The molecule has 0 radical (unpaired) electrons. The first kappa shape index (κ1) is 23.6. The third-order valence-corrected chi connectivity index (χ3v) is 5.17. The first-order chi connectivity index (χ1) is 17.0. The van der Waals surface area contributed by atoms with Gasteiger partial charge in [0, 0.05) is 18.0 Å². The van der Waals surface area contributed by atoms with Crippen molar-refractivity contribution in [2.24, 2.45) is 4.99 Å². The molecule has 0 aliphatic rings. The lowest BCUT2D eigenvalue weighted by atomic mass is 10.3. The molecule has 0 amide bonds. The van der Waals surface area contributed by atoms with Gasteiger partial charge in [-0.05, 0) is 36.4 Å². The monoisotopic (exact) mass is 476 g/mol. The lowest BCUT2D eigenvalue weighted by Gasteiger charge is -2.08. The van der Waals surface area contributed by atoms with E-state index in [0.29, 0.717) is 18.9 Å². The molecular formula is C25H28N6O4+2. The summed E-state index contributed by atoms with van der Waals surface area (Å²) in [7, 11) is 3.20. The Labute approximate surface area is 202 Å². The van der Waals surface area contributed by atoms with Crippen molar-refractivity contribution >= 4 is 23.2 Å². The maximum absolute atomic E-state index is 12.3. The molecule has 0 saturated heterocycles. The normalized spacial score (nSPS) is 12.1. The van der Waals surface area contributed by atoms with Crippen molar-refractivity contribution in [2.75, 3.05) is 14.2 Å². The number of nitrogens with one attached hydrogen (secondary N) is 1. The summed E-state index contributed by atoms with van der Waals surface area (Å²) in [6.45, 7) is 0.993. The van der Waals surface area contributed by atoms with Crippen molar-refractivity contribution in [1.82, 2.24) is 9.13 Å². The number of hydrogen-bond acceptors (Lipinski definition) is 4. The van der Waals surface area contributed by atoms with Crippen molar-refractivity contribution in [1.29, 1.82) is 0 Å². The standard InChI is InChI=1S/C25H26N6O4/c1-34-22-7-3-20(4-8-22)26-24(32)15-28-11-13-30(17-28)19-31-14-12-29(18-31)16-25(33)27-21-5-9-23(35-2)10-6-21/h3-14,17-18H,15-16,19H2,1-2H3/p+2. The molecule has 35 heavy (non-hydrogen) atoms. The van der Waals surface area contributed by atoms with Crippen LogP contribution in [0, 0.1) is 0 Å². The van der Waals surface area contributed by atoms with E-state index in [9.17, 15) is 10.2 Å². The van der Waals surface area contributed by atoms with E-state index in [1.54, 1.807) is 43.1 Å². The lowest BCUT2D eigenvalue weighted by Crippen LogP contribution is -2.67. The average molecular weight is 477 g/mol. The fourth-order valence-electron chi connectivity index (χ4n) is 3.47. The Balaban J connectivity index is 1.32. The maximum atomic E-state index is 12.3. The van der Waals surface area contributed by atoms with Gasteiger partial charge in [0.25, 0.3) is 0 Å². The van der Waals surface area contributed by atoms with E-state index in [4.69, 9.17) is 9.47 Å². The second-order valence-corrected chi connectivity index (χ2v) is 7.85.